The number of rotatable bonds is 5. The van der Waals surface area contributed by atoms with Gasteiger partial charge < -0.3 is 19.2 Å². The Morgan fingerprint density at radius 1 is 1.23 bits per heavy atom. The number of piperidine rings is 1. The zero-order valence-electron chi connectivity index (χ0n) is 18.4. The van der Waals surface area contributed by atoms with Crippen LogP contribution >= 0.6 is 0 Å². The lowest BCUT2D eigenvalue weighted by Crippen LogP contribution is -2.53. The van der Waals surface area contributed by atoms with E-state index in [1.54, 1.807) is 32.1 Å². The molecule has 2 heterocycles. The van der Waals surface area contributed by atoms with Gasteiger partial charge in [-0.2, -0.15) is 5.06 Å². The van der Waals surface area contributed by atoms with E-state index in [0.717, 1.165) is 22.3 Å². The molecule has 1 saturated heterocycles. The van der Waals surface area contributed by atoms with Crippen LogP contribution in [0.1, 0.15) is 42.0 Å². The smallest absolute Gasteiger partial charge is 0.434 e. The molecule has 0 N–H and O–H groups in total. The monoisotopic (exact) mass is 414 g/mol. The number of likely N-dealkylation sites (N-methyl/N-ethyl adjacent to an activating group) is 1. The summed E-state index contributed by atoms with van der Waals surface area (Å²) in [5, 5.41) is 1.85. The van der Waals surface area contributed by atoms with Crippen molar-refractivity contribution in [1.29, 1.82) is 0 Å². The van der Waals surface area contributed by atoms with Gasteiger partial charge >= 0.3 is 6.16 Å². The summed E-state index contributed by atoms with van der Waals surface area (Å²) in [5.74, 6) is 0.222. The summed E-state index contributed by atoms with van der Waals surface area (Å²) in [6, 6.07) is 3.96. The van der Waals surface area contributed by atoms with Gasteiger partial charge in [-0.25, -0.2) is 4.79 Å². The largest absolute Gasteiger partial charge is 0.513 e. The lowest BCUT2D eigenvalue weighted by atomic mass is 9.84. The van der Waals surface area contributed by atoms with E-state index >= 15 is 0 Å². The molecule has 1 aromatic rings. The van der Waals surface area contributed by atoms with E-state index in [9.17, 15) is 9.59 Å². The molecule has 30 heavy (non-hydrogen) atoms. The predicted molar refractivity (Wildman–Crippen MR) is 114 cm³/mol. The number of benzene rings is 1. The minimum atomic E-state index is -0.792. The molecule has 2 aliphatic rings. The maximum atomic E-state index is 13.5. The van der Waals surface area contributed by atoms with Crippen molar-refractivity contribution in [3.05, 3.63) is 46.7 Å². The summed E-state index contributed by atoms with van der Waals surface area (Å²) in [7, 11) is 3.40. The second-order valence-electron chi connectivity index (χ2n) is 7.73. The van der Waals surface area contributed by atoms with Gasteiger partial charge in [0.25, 0.3) is 5.91 Å². The minimum absolute atomic E-state index is 0.155. The Balaban J connectivity index is 2.19. The predicted octanol–water partition coefficient (Wildman–Crippen LogP) is 3.70. The fourth-order valence-corrected chi connectivity index (χ4v) is 4.55. The third-order valence-electron chi connectivity index (χ3n) is 6.11. The van der Waals surface area contributed by atoms with Crippen molar-refractivity contribution in [3.63, 3.8) is 0 Å². The number of hydrogen-bond donors (Lipinski definition) is 0. The van der Waals surface area contributed by atoms with Crippen molar-refractivity contribution >= 4 is 23.7 Å². The molecular weight excluding hydrogens is 384 g/mol. The standard InChI is InChI=1S/C23H30N2O5/c1-7-17-13-15(3)18(16(4)14-17)19-20(30-22(27)29-8-2)23(24(5)21(19)26)9-11-25(28-6)12-10-23/h7,13-14H,1,8-12H2,2-6H3. The summed E-state index contributed by atoms with van der Waals surface area (Å²) < 4.78 is 10.8. The third kappa shape index (κ3) is 3.63. The topological polar surface area (TPSA) is 68.3 Å². The SMILES string of the molecule is C=Cc1cc(C)c(C2=C(OC(=O)OCC)C3(CCN(OC)CC3)N(C)C2=O)c(C)c1. The van der Waals surface area contributed by atoms with Gasteiger partial charge in [0.1, 0.15) is 5.54 Å². The van der Waals surface area contributed by atoms with Crippen LogP contribution in [0.2, 0.25) is 0 Å². The van der Waals surface area contributed by atoms with Crippen LogP contribution in [0.15, 0.2) is 24.5 Å². The molecule has 0 atom stereocenters. The van der Waals surface area contributed by atoms with Crippen LogP contribution in [-0.2, 0) is 19.1 Å². The Labute approximate surface area is 177 Å². The Kier molecular flexibility index (Phi) is 6.33. The van der Waals surface area contributed by atoms with Gasteiger partial charge in [0.15, 0.2) is 5.76 Å². The first-order valence-corrected chi connectivity index (χ1v) is 10.2. The summed E-state index contributed by atoms with van der Waals surface area (Å²) in [4.78, 5) is 32.9. The molecule has 0 unspecified atom stereocenters. The average molecular weight is 415 g/mol. The van der Waals surface area contributed by atoms with Gasteiger partial charge in [-0.05, 0) is 55.9 Å². The normalized spacial score (nSPS) is 18.8. The van der Waals surface area contributed by atoms with Gasteiger partial charge in [-0.1, -0.05) is 24.8 Å². The molecule has 7 heteroatoms. The molecule has 7 nitrogen and oxygen atoms in total. The minimum Gasteiger partial charge on any atom is -0.434 e. The van der Waals surface area contributed by atoms with Crippen LogP contribution in [-0.4, -0.2) is 61.4 Å². The Morgan fingerprint density at radius 2 is 1.83 bits per heavy atom. The first-order chi connectivity index (χ1) is 14.3. The molecule has 0 bridgehead atoms. The molecule has 1 aromatic carbocycles. The zero-order chi connectivity index (χ0) is 22.1. The van der Waals surface area contributed by atoms with Crippen LogP contribution in [0, 0.1) is 13.8 Å². The van der Waals surface area contributed by atoms with Gasteiger partial charge in [0, 0.05) is 20.1 Å². The van der Waals surface area contributed by atoms with Gasteiger partial charge in [0.05, 0.1) is 19.3 Å². The highest BCUT2D eigenvalue weighted by Crippen LogP contribution is 2.47. The first kappa shape index (κ1) is 22.1. The van der Waals surface area contributed by atoms with Crippen LogP contribution in [0.3, 0.4) is 0 Å². The van der Waals surface area contributed by atoms with Crippen LogP contribution in [0.4, 0.5) is 4.79 Å². The highest BCUT2D eigenvalue weighted by molar-refractivity contribution is 6.24. The number of carbonyl (C=O) groups excluding carboxylic acids is 2. The molecule has 162 valence electrons. The molecule has 0 aliphatic carbocycles. The third-order valence-corrected chi connectivity index (χ3v) is 6.11. The maximum absolute atomic E-state index is 13.5. The fraction of sp³-hybridized carbons (Fsp3) is 0.478. The van der Waals surface area contributed by atoms with Crippen molar-refractivity contribution in [2.24, 2.45) is 0 Å². The fourth-order valence-electron chi connectivity index (χ4n) is 4.55. The highest BCUT2D eigenvalue weighted by atomic mass is 16.7. The van der Waals surface area contributed by atoms with Crippen LogP contribution < -0.4 is 0 Å². The number of amides is 1. The molecule has 1 fully saturated rings. The maximum Gasteiger partial charge on any atom is 0.513 e. The van der Waals surface area contributed by atoms with E-state index < -0.39 is 11.7 Å². The van der Waals surface area contributed by atoms with E-state index in [4.69, 9.17) is 14.3 Å². The number of aryl methyl sites for hydroxylation is 2. The molecule has 0 radical (unpaired) electrons. The quantitative estimate of drug-likeness (QED) is 0.685. The van der Waals surface area contributed by atoms with Crippen molar-refractivity contribution < 1.29 is 23.9 Å². The lowest BCUT2D eigenvalue weighted by Gasteiger charge is -2.43. The highest BCUT2D eigenvalue weighted by Gasteiger charge is 2.54. The van der Waals surface area contributed by atoms with Crippen molar-refractivity contribution in [2.45, 2.75) is 39.2 Å². The number of hydrogen-bond acceptors (Lipinski definition) is 6. The summed E-state index contributed by atoms with van der Waals surface area (Å²) in [5.41, 5.74) is 3.34. The molecule has 0 aromatic heterocycles. The van der Waals surface area contributed by atoms with Gasteiger partial charge in [0.2, 0.25) is 0 Å². The second-order valence-corrected chi connectivity index (χ2v) is 7.73. The first-order valence-electron chi connectivity index (χ1n) is 10.2. The van der Waals surface area contributed by atoms with Crippen molar-refractivity contribution in [3.8, 4) is 0 Å². The van der Waals surface area contributed by atoms with E-state index in [1.807, 2.05) is 31.0 Å². The molecule has 1 amide bonds. The number of ether oxygens (including phenoxy) is 2. The van der Waals surface area contributed by atoms with E-state index in [1.165, 1.54) is 0 Å². The van der Waals surface area contributed by atoms with Gasteiger partial charge in [-0.15, -0.1) is 0 Å². The summed E-state index contributed by atoms with van der Waals surface area (Å²) in [6.45, 7) is 10.9. The summed E-state index contributed by atoms with van der Waals surface area (Å²) >= 11 is 0. The Morgan fingerprint density at radius 3 is 2.33 bits per heavy atom. The van der Waals surface area contributed by atoms with Crippen molar-refractivity contribution in [1.82, 2.24) is 9.96 Å². The molecular formula is C23H30N2O5. The number of hydroxylamine groups is 2. The molecule has 1 spiro atoms. The zero-order valence-corrected chi connectivity index (χ0v) is 18.4. The molecule has 0 saturated carbocycles. The Hall–Kier alpha value is -2.64. The van der Waals surface area contributed by atoms with E-state index in [-0.39, 0.29) is 12.5 Å². The van der Waals surface area contributed by atoms with E-state index in [0.29, 0.717) is 37.3 Å². The lowest BCUT2D eigenvalue weighted by molar-refractivity contribution is -0.162. The number of carbonyl (C=O) groups is 2. The van der Waals surface area contributed by atoms with E-state index in [2.05, 4.69) is 6.58 Å². The van der Waals surface area contributed by atoms with Gasteiger partial charge in [-0.3, -0.25) is 4.79 Å². The van der Waals surface area contributed by atoms with Crippen molar-refractivity contribution in [2.75, 3.05) is 33.9 Å². The number of nitrogens with zero attached hydrogens (tertiary/aromatic N) is 2. The van der Waals surface area contributed by atoms with Crippen LogP contribution in [0.5, 0.6) is 0 Å². The second kappa shape index (κ2) is 8.62. The molecule has 3 rings (SSSR count). The van der Waals surface area contributed by atoms with Crippen LogP contribution in [0.25, 0.3) is 11.6 Å². The molecule has 2 aliphatic heterocycles. The average Bonchev–Trinajstić information content (AvgIpc) is 2.91. The Bertz CT molecular complexity index is 874. The summed E-state index contributed by atoms with van der Waals surface area (Å²) in [6.07, 6.45) is 2.16.